The van der Waals surface area contributed by atoms with Crippen molar-refractivity contribution in [3.05, 3.63) is 65.2 Å². The summed E-state index contributed by atoms with van der Waals surface area (Å²) in [5, 5.41) is 0.737. The van der Waals surface area contributed by atoms with Crippen molar-refractivity contribution in [1.29, 1.82) is 0 Å². The lowest BCUT2D eigenvalue weighted by atomic mass is 10.2. The fourth-order valence-electron chi connectivity index (χ4n) is 2.13. The van der Waals surface area contributed by atoms with Crippen molar-refractivity contribution >= 4 is 29.3 Å². The largest absolute Gasteiger partial charge is 0.339 e. The zero-order valence-electron chi connectivity index (χ0n) is 12.7. The molecule has 22 heavy (non-hydrogen) atoms. The van der Waals surface area contributed by atoms with Crippen molar-refractivity contribution in [2.75, 3.05) is 12.3 Å². The van der Waals surface area contributed by atoms with Gasteiger partial charge in [-0.05, 0) is 36.8 Å². The molecule has 0 unspecified atom stereocenters. The second kappa shape index (κ2) is 8.86. The van der Waals surface area contributed by atoms with Gasteiger partial charge in [-0.15, -0.1) is 11.8 Å². The van der Waals surface area contributed by atoms with Gasteiger partial charge in [-0.1, -0.05) is 41.9 Å². The van der Waals surface area contributed by atoms with Gasteiger partial charge in [-0.3, -0.25) is 4.79 Å². The summed E-state index contributed by atoms with van der Waals surface area (Å²) in [6, 6.07) is 17.8. The lowest BCUT2D eigenvalue weighted by Crippen LogP contribution is -2.30. The number of hydrogen-bond donors (Lipinski definition) is 0. The predicted molar refractivity (Wildman–Crippen MR) is 94.3 cm³/mol. The molecule has 0 saturated carbocycles. The highest BCUT2D eigenvalue weighted by Gasteiger charge is 2.11. The van der Waals surface area contributed by atoms with Crippen LogP contribution in [0.2, 0.25) is 5.02 Å². The number of nitrogens with zero attached hydrogens (tertiary/aromatic N) is 1. The van der Waals surface area contributed by atoms with E-state index in [0.717, 1.165) is 22.2 Å². The number of hydrogen-bond acceptors (Lipinski definition) is 2. The monoisotopic (exact) mass is 333 g/mol. The van der Waals surface area contributed by atoms with Crippen molar-refractivity contribution in [3.63, 3.8) is 0 Å². The Labute approximate surface area is 141 Å². The Balaban J connectivity index is 1.80. The van der Waals surface area contributed by atoms with Crippen LogP contribution in [0.25, 0.3) is 0 Å². The van der Waals surface area contributed by atoms with E-state index in [2.05, 4.69) is 12.1 Å². The Morgan fingerprint density at radius 2 is 1.77 bits per heavy atom. The lowest BCUT2D eigenvalue weighted by Gasteiger charge is -2.21. The first-order valence-electron chi connectivity index (χ1n) is 7.39. The molecule has 0 aliphatic carbocycles. The van der Waals surface area contributed by atoms with Gasteiger partial charge in [-0.25, -0.2) is 0 Å². The van der Waals surface area contributed by atoms with Gasteiger partial charge in [0.05, 0.1) is 0 Å². The Morgan fingerprint density at radius 1 is 1.09 bits per heavy atom. The molecular formula is C18H20ClNOS. The summed E-state index contributed by atoms with van der Waals surface area (Å²) >= 11 is 7.55. The summed E-state index contributed by atoms with van der Waals surface area (Å²) in [6.07, 6.45) is 0.550. The zero-order chi connectivity index (χ0) is 15.8. The third-order valence-corrected chi connectivity index (χ3v) is 4.61. The number of carbonyl (C=O) groups excluding carboxylic acids is 1. The Morgan fingerprint density at radius 3 is 2.41 bits per heavy atom. The summed E-state index contributed by atoms with van der Waals surface area (Å²) in [4.78, 5) is 15.4. The summed E-state index contributed by atoms with van der Waals surface area (Å²) in [7, 11) is 0. The van der Waals surface area contributed by atoms with Crippen LogP contribution in [0.5, 0.6) is 0 Å². The second-order valence-corrected chi connectivity index (χ2v) is 6.55. The summed E-state index contributed by atoms with van der Waals surface area (Å²) in [6.45, 7) is 3.44. The molecule has 116 valence electrons. The maximum atomic E-state index is 12.3. The molecule has 0 spiro atoms. The quantitative estimate of drug-likeness (QED) is 0.674. The number of benzene rings is 2. The molecule has 0 aliphatic rings. The van der Waals surface area contributed by atoms with E-state index in [9.17, 15) is 4.79 Å². The van der Waals surface area contributed by atoms with E-state index in [1.165, 1.54) is 5.56 Å². The van der Waals surface area contributed by atoms with Crippen LogP contribution in [0.3, 0.4) is 0 Å². The molecule has 2 aromatic rings. The number of thioether (sulfide) groups is 1. The van der Waals surface area contributed by atoms with Gasteiger partial charge >= 0.3 is 0 Å². The fourth-order valence-corrected chi connectivity index (χ4v) is 3.09. The van der Waals surface area contributed by atoms with Crippen molar-refractivity contribution in [1.82, 2.24) is 4.90 Å². The second-order valence-electron chi connectivity index (χ2n) is 4.95. The van der Waals surface area contributed by atoms with E-state index in [1.54, 1.807) is 11.8 Å². The molecule has 2 aromatic carbocycles. The van der Waals surface area contributed by atoms with Crippen LogP contribution in [-0.2, 0) is 11.3 Å². The van der Waals surface area contributed by atoms with Crippen LogP contribution in [0.15, 0.2) is 59.5 Å². The highest BCUT2D eigenvalue weighted by molar-refractivity contribution is 7.99. The summed E-state index contributed by atoms with van der Waals surface area (Å²) < 4.78 is 0. The van der Waals surface area contributed by atoms with E-state index >= 15 is 0 Å². The predicted octanol–water partition coefficient (Wildman–Crippen LogP) is 4.87. The van der Waals surface area contributed by atoms with Crippen molar-refractivity contribution in [2.24, 2.45) is 0 Å². The molecule has 0 aromatic heterocycles. The summed E-state index contributed by atoms with van der Waals surface area (Å²) in [5.41, 5.74) is 1.17. The van der Waals surface area contributed by atoms with Crippen molar-refractivity contribution in [3.8, 4) is 0 Å². The first kappa shape index (κ1) is 16.9. The molecule has 0 fully saturated rings. The minimum absolute atomic E-state index is 0.202. The molecule has 0 saturated heterocycles. The standard InChI is InChI=1S/C18H20ClNOS/c1-2-20(14-15-6-4-3-5-7-15)18(21)12-13-22-17-10-8-16(19)9-11-17/h3-11H,2,12-14H2,1H3. The number of amides is 1. The third kappa shape index (κ3) is 5.39. The Hall–Kier alpha value is -1.45. The molecule has 4 heteroatoms. The lowest BCUT2D eigenvalue weighted by molar-refractivity contribution is -0.131. The zero-order valence-corrected chi connectivity index (χ0v) is 14.2. The van der Waals surface area contributed by atoms with Crippen LogP contribution in [0, 0.1) is 0 Å². The maximum absolute atomic E-state index is 12.3. The van der Waals surface area contributed by atoms with Gasteiger partial charge in [-0.2, -0.15) is 0 Å². The first-order valence-corrected chi connectivity index (χ1v) is 8.75. The molecule has 0 heterocycles. The first-order chi connectivity index (χ1) is 10.7. The van der Waals surface area contributed by atoms with Crippen LogP contribution in [0.4, 0.5) is 0 Å². The molecule has 0 bridgehead atoms. The van der Waals surface area contributed by atoms with Gasteiger partial charge in [0.2, 0.25) is 5.91 Å². The normalized spacial score (nSPS) is 10.5. The smallest absolute Gasteiger partial charge is 0.223 e. The van der Waals surface area contributed by atoms with Gasteiger partial charge in [0.1, 0.15) is 0 Å². The highest BCUT2D eigenvalue weighted by atomic mass is 35.5. The number of halogens is 1. The average molecular weight is 334 g/mol. The van der Waals surface area contributed by atoms with E-state index in [4.69, 9.17) is 11.6 Å². The van der Waals surface area contributed by atoms with Crippen LogP contribution >= 0.6 is 23.4 Å². The van der Waals surface area contributed by atoms with E-state index in [-0.39, 0.29) is 5.91 Å². The van der Waals surface area contributed by atoms with E-state index < -0.39 is 0 Å². The van der Waals surface area contributed by atoms with Crippen molar-refractivity contribution < 1.29 is 4.79 Å². The SMILES string of the molecule is CCN(Cc1ccccc1)C(=O)CCSc1ccc(Cl)cc1. The molecule has 1 amide bonds. The minimum Gasteiger partial charge on any atom is -0.339 e. The molecule has 2 rings (SSSR count). The number of carbonyl (C=O) groups is 1. The maximum Gasteiger partial charge on any atom is 0.223 e. The van der Waals surface area contributed by atoms with Gasteiger partial charge in [0, 0.05) is 35.2 Å². The number of rotatable bonds is 7. The topological polar surface area (TPSA) is 20.3 Å². The van der Waals surface area contributed by atoms with Crippen LogP contribution in [0.1, 0.15) is 18.9 Å². The molecule has 0 atom stereocenters. The molecule has 0 aliphatic heterocycles. The Kier molecular flexibility index (Phi) is 6.81. The molecular weight excluding hydrogens is 314 g/mol. The minimum atomic E-state index is 0.202. The van der Waals surface area contributed by atoms with Crippen LogP contribution in [-0.4, -0.2) is 23.1 Å². The Bertz CT molecular complexity index is 586. The molecule has 2 nitrogen and oxygen atoms in total. The average Bonchev–Trinajstić information content (AvgIpc) is 2.55. The van der Waals surface area contributed by atoms with Crippen molar-refractivity contribution in [2.45, 2.75) is 24.8 Å². The van der Waals surface area contributed by atoms with Gasteiger partial charge in [0.15, 0.2) is 0 Å². The van der Waals surface area contributed by atoms with Crippen LogP contribution < -0.4 is 0 Å². The van der Waals surface area contributed by atoms with Gasteiger partial charge < -0.3 is 4.90 Å². The summed E-state index contributed by atoms with van der Waals surface area (Å²) in [5.74, 6) is 0.985. The van der Waals surface area contributed by atoms with Gasteiger partial charge in [0.25, 0.3) is 0 Å². The third-order valence-electron chi connectivity index (χ3n) is 3.35. The van der Waals surface area contributed by atoms with E-state index in [0.29, 0.717) is 13.0 Å². The molecule has 0 N–H and O–H groups in total. The van der Waals surface area contributed by atoms with E-state index in [1.807, 2.05) is 54.3 Å². The highest BCUT2D eigenvalue weighted by Crippen LogP contribution is 2.21. The fraction of sp³-hybridized carbons (Fsp3) is 0.278. The molecule has 0 radical (unpaired) electrons.